The van der Waals surface area contributed by atoms with E-state index in [1.807, 2.05) is 42.7 Å². The minimum absolute atomic E-state index is 0. The first kappa shape index (κ1) is 25.1. The molecule has 2 heterocycles. The maximum absolute atomic E-state index is 4.68. The fourth-order valence-electron chi connectivity index (χ4n) is 5.63. The molecule has 0 N–H and O–H groups in total. The molecule has 0 aliphatic heterocycles. The second-order valence-corrected chi connectivity index (χ2v) is 9.81. The Labute approximate surface area is 241 Å². The van der Waals surface area contributed by atoms with E-state index < -0.39 is 0 Å². The topological polar surface area (TPSA) is 25.8 Å². The Morgan fingerprint density at radius 3 is 1.97 bits per heavy atom. The predicted molar refractivity (Wildman–Crippen MR) is 160 cm³/mol. The molecule has 39 heavy (non-hydrogen) atoms. The molecule has 8 rings (SSSR count). The van der Waals surface area contributed by atoms with Gasteiger partial charge in [0.05, 0.1) is 0 Å². The summed E-state index contributed by atoms with van der Waals surface area (Å²) in [5.41, 5.74) is 5.56. The van der Waals surface area contributed by atoms with Crippen LogP contribution in [0.3, 0.4) is 0 Å². The van der Waals surface area contributed by atoms with Crippen molar-refractivity contribution in [3.05, 3.63) is 133 Å². The molecule has 0 atom stereocenters. The summed E-state index contributed by atoms with van der Waals surface area (Å²) in [6.45, 7) is 4.15. The van der Waals surface area contributed by atoms with Crippen molar-refractivity contribution in [1.29, 1.82) is 0 Å². The van der Waals surface area contributed by atoms with E-state index in [2.05, 4.69) is 103 Å². The number of aryl methyl sites for hydroxylation is 2. The van der Waals surface area contributed by atoms with Crippen LogP contribution in [0.5, 0.6) is 0 Å². The van der Waals surface area contributed by atoms with Gasteiger partial charge in [-0.2, -0.15) is 0 Å². The third-order valence-electron chi connectivity index (χ3n) is 7.30. The summed E-state index contributed by atoms with van der Waals surface area (Å²) >= 11 is 0. The van der Waals surface area contributed by atoms with Crippen LogP contribution in [0.15, 0.2) is 109 Å². The average Bonchev–Trinajstić information content (AvgIpc) is 2.97. The van der Waals surface area contributed by atoms with Gasteiger partial charge in [-0.15, -0.1) is 59.0 Å². The van der Waals surface area contributed by atoms with Gasteiger partial charge in [-0.3, -0.25) is 0 Å². The molecule has 0 spiro atoms. The Bertz CT molecular complexity index is 1860. The summed E-state index contributed by atoms with van der Waals surface area (Å²) in [6.07, 6.45) is 3.71. The Balaban J connectivity index is 0.000000159. The van der Waals surface area contributed by atoms with Crippen LogP contribution in [-0.2, 0) is 20.1 Å². The molecule has 0 amide bonds. The SMILES string of the molecule is Cc1cc[c-]c(-c2cc(C)ccn2)c1.[Ir].[c-]1ccc2c3ccccc3c3cccc4c5cccnc5c1c2c34. The number of hydrogen-bond acceptors (Lipinski definition) is 2. The summed E-state index contributed by atoms with van der Waals surface area (Å²) in [5.74, 6) is 0. The monoisotopic (exact) mass is 677 g/mol. The van der Waals surface area contributed by atoms with E-state index in [9.17, 15) is 0 Å². The standard InChI is InChI=1S/C23H12N.C13H12N.Ir/c1-2-7-15-14(6-1)16-8-3-10-18-19-12-5-13-24-23(19)20-11-4-9-17(15)22(20)21(16)18;1-10-4-3-5-12(8-10)13-9-11(2)6-7-14-13;/h1-10,12-13H;3-4,6-9H,1-2H3;/q2*-1;. The van der Waals surface area contributed by atoms with E-state index in [-0.39, 0.29) is 20.1 Å². The summed E-state index contributed by atoms with van der Waals surface area (Å²) in [6, 6.07) is 40.5. The molecule has 0 saturated carbocycles. The van der Waals surface area contributed by atoms with Crippen LogP contribution < -0.4 is 0 Å². The maximum Gasteiger partial charge on any atom is 0.0163 e. The first-order valence-electron chi connectivity index (χ1n) is 12.8. The smallest absolute Gasteiger partial charge is 0.0163 e. The van der Waals surface area contributed by atoms with Crippen LogP contribution in [0, 0.1) is 26.0 Å². The van der Waals surface area contributed by atoms with Crippen LogP contribution in [0.25, 0.3) is 65.3 Å². The summed E-state index contributed by atoms with van der Waals surface area (Å²) < 4.78 is 0. The average molecular weight is 677 g/mol. The molecule has 0 aliphatic rings. The third-order valence-corrected chi connectivity index (χ3v) is 7.30. The number of fused-ring (bicyclic) bond motifs is 6. The zero-order valence-corrected chi connectivity index (χ0v) is 24.0. The number of pyridine rings is 2. The quantitative estimate of drug-likeness (QED) is 0.0985. The number of nitrogens with zero attached hydrogens (tertiary/aromatic N) is 2. The molecular weight excluding hydrogens is 653 g/mol. The number of benzene rings is 6. The van der Waals surface area contributed by atoms with E-state index in [0.717, 1.165) is 22.2 Å². The fraction of sp³-hybridized carbons (Fsp3) is 0.0556. The number of aromatic nitrogens is 2. The van der Waals surface area contributed by atoms with Gasteiger partial charge in [-0.1, -0.05) is 77.9 Å². The van der Waals surface area contributed by atoms with Crippen molar-refractivity contribution in [1.82, 2.24) is 9.97 Å². The van der Waals surface area contributed by atoms with Gasteiger partial charge >= 0.3 is 0 Å². The Morgan fingerprint density at radius 1 is 0.538 bits per heavy atom. The molecule has 0 bridgehead atoms. The molecule has 2 aromatic heterocycles. The Morgan fingerprint density at radius 2 is 1.21 bits per heavy atom. The molecule has 1 radical (unpaired) electrons. The van der Waals surface area contributed by atoms with Crippen LogP contribution in [0.2, 0.25) is 0 Å². The number of hydrogen-bond donors (Lipinski definition) is 0. The fourth-order valence-corrected chi connectivity index (χ4v) is 5.63. The van der Waals surface area contributed by atoms with Crippen molar-refractivity contribution in [2.75, 3.05) is 0 Å². The minimum atomic E-state index is 0. The van der Waals surface area contributed by atoms with Gasteiger partial charge in [-0.25, -0.2) is 0 Å². The molecule has 0 unspecified atom stereocenters. The minimum Gasteiger partial charge on any atom is -0.305 e. The second-order valence-electron chi connectivity index (χ2n) is 9.81. The Kier molecular flexibility index (Phi) is 6.56. The van der Waals surface area contributed by atoms with Gasteiger partial charge in [0.15, 0.2) is 0 Å². The molecule has 8 aromatic rings. The summed E-state index contributed by atoms with van der Waals surface area (Å²) in [5, 5.41) is 11.4. The van der Waals surface area contributed by atoms with Gasteiger partial charge in [0.25, 0.3) is 0 Å². The van der Waals surface area contributed by atoms with Crippen molar-refractivity contribution in [2.24, 2.45) is 0 Å². The molecule has 2 nitrogen and oxygen atoms in total. The van der Waals surface area contributed by atoms with E-state index in [4.69, 9.17) is 0 Å². The summed E-state index contributed by atoms with van der Waals surface area (Å²) in [7, 11) is 0. The molecular formula is C36H24IrN2-2. The van der Waals surface area contributed by atoms with Crippen molar-refractivity contribution in [3.63, 3.8) is 0 Å². The van der Waals surface area contributed by atoms with Gasteiger partial charge in [0.1, 0.15) is 0 Å². The molecule has 3 heteroatoms. The van der Waals surface area contributed by atoms with Crippen molar-refractivity contribution < 1.29 is 20.1 Å². The van der Waals surface area contributed by atoms with E-state index >= 15 is 0 Å². The van der Waals surface area contributed by atoms with E-state index in [1.54, 1.807) is 0 Å². The van der Waals surface area contributed by atoms with E-state index in [0.29, 0.717) is 0 Å². The van der Waals surface area contributed by atoms with Crippen molar-refractivity contribution in [3.8, 4) is 11.3 Å². The third kappa shape index (κ3) is 4.25. The normalized spacial score (nSPS) is 11.1. The predicted octanol–water partition coefficient (Wildman–Crippen LogP) is 9.25. The van der Waals surface area contributed by atoms with Crippen LogP contribution in [0.1, 0.15) is 11.1 Å². The molecule has 0 fully saturated rings. The number of rotatable bonds is 1. The maximum atomic E-state index is 4.68. The van der Waals surface area contributed by atoms with Crippen molar-refractivity contribution in [2.45, 2.75) is 13.8 Å². The molecule has 189 valence electrons. The first-order chi connectivity index (χ1) is 18.7. The van der Waals surface area contributed by atoms with Gasteiger partial charge in [-0.05, 0) is 62.6 Å². The molecule has 0 aliphatic carbocycles. The zero-order valence-electron chi connectivity index (χ0n) is 21.6. The van der Waals surface area contributed by atoms with E-state index in [1.165, 1.54) is 54.2 Å². The molecule has 0 saturated heterocycles. The van der Waals surface area contributed by atoms with Crippen LogP contribution in [0.4, 0.5) is 0 Å². The molecule has 6 aromatic carbocycles. The van der Waals surface area contributed by atoms with Gasteiger partial charge in [0, 0.05) is 32.5 Å². The van der Waals surface area contributed by atoms with Crippen molar-refractivity contribution >= 4 is 54.0 Å². The Hall–Kier alpha value is -4.17. The zero-order chi connectivity index (χ0) is 25.6. The van der Waals surface area contributed by atoms with Crippen LogP contribution >= 0.6 is 0 Å². The second kappa shape index (κ2) is 10.2. The largest absolute Gasteiger partial charge is 0.305 e. The van der Waals surface area contributed by atoms with Gasteiger partial charge in [0.2, 0.25) is 0 Å². The summed E-state index contributed by atoms with van der Waals surface area (Å²) in [4.78, 5) is 9.00. The first-order valence-corrected chi connectivity index (χ1v) is 12.8. The van der Waals surface area contributed by atoms with Crippen LogP contribution in [-0.4, -0.2) is 9.97 Å². The van der Waals surface area contributed by atoms with Gasteiger partial charge < -0.3 is 9.97 Å².